The molecule has 1 fully saturated rings. The molecule has 0 aromatic carbocycles. The van der Waals surface area contributed by atoms with Crippen LogP contribution in [0.15, 0.2) is 11.5 Å². The van der Waals surface area contributed by atoms with Gasteiger partial charge in [-0.1, -0.05) is 11.8 Å². The maximum Gasteiger partial charge on any atom is 0.233 e. The standard InChI is InChI=1S/C14H24N4O2S/c1-11(2)18-10-15-16-14(18)21-9-13(20)17(7-4-8-19)12-5-3-6-12/h10-12,19H,3-9H2,1-2H3. The van der Waals surface area contributed by atoms with Crippen LogP contribution >= 0.6 is 11.8 Å². The van der Waals surface area contributed by atoms with Crippen molar-refractivity contribution in [3.8, 4) is 0 Å². The van der Waals surface area contributed by atoms with Crippen molar-refractivity contribution in [1.82, 2.24) is 19.7 Å². The number of rotatable bonds is 8. The van der Waals surface area contributed by atoms with Crippen LogP contribution in [0.3, 0.4) is 0 Å². The van der Waals surface area contributed by atoms with E-state index in [0.717, 1.165) is 18.0 Å². The molecule has 2 rings (SSSR count). The molecule has 1 saturated carbocycles. The van der Waals surface area contributed by atoms with Crippen molar-refractivity contribution in [3.63, 3.8) is 0 Å². The zero-order valence-electron chi connectivity index (χ0n) is 12.7. The molecular formula is C14H24N4O2S. The summed E-state index contributed by atoms with van der Waals surface area (Å²) < 4.78 is 1.97. The number of carbonyl (C=O) groups excluding carboxylic acids is 1. The average molecular weight is 312 g/mol. The lowest BCUT2D eigenvalue weighted by molar-refractivity contribution is -0.132. The molecule has 0 atom stereocenters. The number of thioether (sulfide) groups is 1. The molecule has 1 aromatic heterocycles. The van der Waals surface area contributed by atoms with Gasteiger partial charge in [0.25, 0.3) is 0 Å². The summed E-state index contributed by atoms with van der Waals surface area (Å²) >= 11 is 1.44. The van der Waals surface area contributed by atoms with Gasteiger partial charge in [0.1, 0.15) is 6.33 Å². The van der Waals surface area contributed by atoms with Crippen LogP contribution in [-0.4, -0.2) is 55.6 Å². The number of aliphatic hydroxyl groups excluding tert-OH is 1. The Kier molecular flexibility index (Phi) is 6.05. The number of aliphatic hydroxyl groups is 1. The van der Waals surface area contributed by atoms with Crippen LogP contribution in [-0.2, 0) is 4.79 Å². The zero-order valence-corrected chi connectivity index (χ0v) is 13.6. The van der Waals surface area contributed by atoms with Gasteiger partial charge in [0.05, 0.1) is 5.75 Å². The third-order valence-electron chi connectivity index (χ3n) is 3.81. The minimum Gasteiger partial charge on any atom is -0.396 e. The van der Waals surface area contributed by atoms with Crippen molar-refractivity contribution < 1.29 is 9.90 Å². The largest absolute Gasteiger partial charge is 0.396 e. The summed E-state index contributed by atoms with van der Waals surface area (Å²) in [4.78, 5) is 14.4. The quantitative estimate of drug-likeness (QED) is 0.740. The van der Waals surface area contributed by atoms with Gasteiger partial charge in [-0.3, -0.25) is 4.79 Å². The number of aromatic nitrogens is 3. The third-order valence-corrected chi connectivity index (χ3v) is 4.76. The van der Waals surface area contributed by atoms with Crippen LogP contribution in [0.2, 0.25) is 0 Å². The van der Waals surface area contributed by atoms with E-state index in [4.69, 9.17) is 5.11 Å². The Hall–Kier alpha value is -1.08. The fraction of sp³-hybridized carbons (Fsp3) is 0.786. The third kappa shape index (κ3) is 4.20. The average Bonchev–Trinajstić information content (AvgIpc) is 2.87. The van der Waals surface area contributed by atoms with Gasteiger partial charge in [-0.05, 0) is 39.5 Å². The molecule has 1 heterocycles. The Morgan fingerprint density at radius 2 is 2.33 bits per heavy atom. The van der Waals surface area contributed by atoms with E-state index in [0.29, 0.717) is 24.8 Å². The van der Waals surface area contributed by atoms with E-state index >= 15 is 0 Å². The first-order valence-electron chi connectivity index (χ1n) is 7.56. The summed E-state index contributed by atoms with van der Waals surface area (Å²) in [5.41, 5.74) is 0. The molecule has 1 N–H and O–H groups in total. The second-order valence-corrected chi connectivity index (χ2v) is 6.59. The van der Waals surface area contributed by atoms with Gasteiger partial charge in [0, 0.05) is 25.2 Å². The minimum atomic E-state index is 0.130. The minimum absolute atomic E-state index is 0.130. The maximum atomic E-state index is 12.4. The lowest BCUT2D eigenvalue weighted by Crippen LogP contribution is -2.45. The van der Waals surface area contributed by atoms with Crippen molar-refractivity contribution in [3.05, 3.63) is 6.33 Å². The van der Waals surface area contributed by atoms with Crippen molar-refractivity contribution in [1.29, 1.82) is 0 Å². The fourth-order valence-corrected chi connectivity index (χ4v) is 3.28. The molecule has 0 unspecified atom stereocenters. The lowest BCUT2D eigenvalue weighted by atomic mass is 9.91. The zero-order chi connectivity index (χ0) is 15.2. The van der Waals surface area contributed by atoms with Gasteiger partial charge in [-0.15, -0.1) is 10.2 Å². The van der Waals surface area contributed by atoms with E-state index in [-0.39, 0.29) is 18.6 Å². The van der Waals surface area contributed by atoms with Crippen molar-refractivity contribution in [2.75, 3.05) is 18.9 Å². The highest BCUT2D eigenvalue weighted by atomic mass is 32.2. The number of amides is 1. The molecule has 1 aliphatic carbocycles. The van der Waals surface area contributed by atoms with Gasteiger partial charge in [-0.2, -0.15) is 0 Å². The molecule has 0 spiro atoms. The molecule has 21 heavy (non-hydrogen) atoms. The monoisotopic (exact) mass is 312 g/mol. The number of hydrogen-bond donors (Lipinski definition) is 1. The molecule has 1 amide bonds. The molecular weight excluding hydrogens is 288 g/mol. The van der Waals surface area contributed by atoms with Crippen molar-refractivity contribution in [2.45, 2.75) is 56.8 Å². The summed E-state index contributed by atoms with van der Waals surface area (Å²) in [6.07, 6.45) is 5.72. The number of hydrogen-bond acceptors (Lipinski definition) is 5. The summed E-state index contributed by atoms with van der Waals surface area (Å²) in [7, 11) is 0. The van der Waals surface area contributed by atoms with E-state index in [2.05, 4.69) is 24.0 Å². The summed E-state index contributed by atoms with van der Waals surface area (Å²) in [5.74, 6) is 0.518. The molecule has 0 saturated heterocycles. The molecule has 1 aliphatic rings. The predicted octanol–water partition coefficient (Wildman–Crippen LogP) is 1.71. The smallest absolute Gasteiger partial charge is 0.233 e. The SMILES string of the molecule is CC(C)n1cnnc1SCC(=O)N(CCCO)C1CCC1. The highest BCUT2D eigenvalue weighted by Gasteiger charge is 2.28. The van der Waals surface area contributed by atoms with Gasteiger partial charge >= 0.3 is 0 Å². The number of carbonyl (C=O) groups is 1. The van der Waals surface area contributed by atoms with E-state index in [1.807, 2.05) is 9.47 Å². The molecule has 7 heteroatoms. The van der Waals surface area contributed by atoms with Crippen LogP contribution in [0.4, 0.5) is 0 Å². The van der Waals surface area contributed by atoms with Crippen LogP contribution in [0.5, 0.6) is 0 Å². The Morgan fingerprint density at radius 3 is 2.90 bits per heavy atom. The number of nitrogens with zero attached hydrogens (tertiary/aromatic N) is 4. The lowest BCUT2D eigenvalue weighted by Gasteiger charge is -2.37. The maximum absolute atomic E-state index is 12.4. The Bertz CT molecular complexity index is 460. The first-order valence-corrected chi connectivity index (χ1v) is 8.54. The highest BCUT2D eigenvalue weighted by Crippen LogP contribution is 2.26. The normalized spacial score (nSPS) is 15.2. The Balaban J connectivity index is 1.90. The van der Waals surface area contributed by atoms with Gasteiger partial charge in [-0.25, -0.2) is 0 Å². The first-order chi connectivity index (χ1) is 10.1. The topological polar surface area (TPSA) is 71.2 Å². The van der Waals surface area contributed by atoms with Gasteiger partial charge in [0.15, 0.2) is 5.16 Å². The molecule has 0 aliphatic heterocycles. The summed E-state index contributed by atoms with van der Waals surface area (Å²) in [6.45, 7) is 4.91. The Labute approximate surface area is 129 Å². The van der Waals surface area contributed by atoms with Gasteiger partial charge in [0.2, 0.25) is 5.91 Å². The summed E-state index contributed by atoms with van der Waals surface area (Å²) in [5, 5.41) is 17.8. The van der Waals surface area contributed by atoms with Crippen molar-refractivity contribution in [2.24, 2.45) is 0 Å². The molecule has 6 nitrogen and oxygen atoms in total. The van der Waals surface area contributed by atoms with Crippen molar-refractivity contribution >= 4 is 17.7 Å². The van der Waals surface area contributed by atoms with Crippen LogP contribution in [0, 0.1) is 0 Å². The van der Waals surface area contributed by atoms with Gasteiger partial charge < -0.3 is 14.6 Å². The second-order valence-electron chi connectivity index (χ2n) is 5.65. The predicted molar refractivity (Wildman–Crippen MR) is 82.2 cm³/mol. The second kappa shape index (κ2) is 7.79. The Morgan fingerprint density at radius 1 is 1.57 bits per heavy atom. The van der Waals surface area contributed by atoms with E-state index in [9.17, 15) is 4.79 Å². The van der Waals surface area contributed by atoms with E-state index in [1.54, 1.807) is 6.33 Å². The van der Waals surface area contributed by atoms with E-state index < -0.39 is 0 Å². The van der Waals surface area contributed by atoms with E-state index in [1.165, 1.54) is 18.2 Å². The molecule has 1 aromatic rings. The highest BCUT2D eigenvalue weighted by molar-refractivity contribution is 7.99. The molecule has 0 bridgehead atoms. The van der Waals surface area contributed by atoms with Crippen LogP contribution in [0.1, 0.15) is 45.6 Å². The fourth-order valence-electron chi connectivity index (χ4n) is 2.35. The molecule has 118 valence electrons. The molecule has 0 radical (unpaired) electrons. The van der Waals surface area contributed by atoms with Crippen LogP contribution in [0.25, 0.3) is 0 Å². The first kappa shape index (κ1) is 16.3. The van der Waals surface area contributed by atoms with Crippen LogP contribution < -0.4 is 0 Å². The summed E-state index contributed by atoms with van der Waals surface area (Å²) in [6, 6.07) is 0.655.